The summed E-state index contributed by atoms with van der Waals surface area (Å²) < 4.78 is 11.8. The molecule has 3 rings (SSSR count). The van der Waals surface area contributed by atoms with Gasteiger partial charge < -0.3 is 14.6 Å². The molecule has 0 amide bonds. The van der Waals surface area contributed by atoms with Crippen molar-refractivity contribution < 1.29 is 19.4 Å². The first-order valence-corrected chi connectivity index (χ1v) is 9.10. The first kappa shape index (κ1) is 17.7. The van der Waals surface area contributed by atoms with Gasteiger partial charge in [0, 0.05) is 24.8 Å². The van der Waals surface area contributed by atoms with Crippen molar-refractivity contribution >= 4 is 5.97 Å². The number of ether oxygens (including phenoxy) is 2. The van der Waals surface area contributed by atoms with E-state index in [-0.39, 0.29) is 23.6 Å². The molecule has 0 saturated carbocycles. The predicted octanol–water partition coefficient (Wildman–Crippen LogP) is 3.54. The van der Waals surface area contributed by atoms with Gasteiger partial charge in [-0.15, -0.1) is 0 Å². The van der Waals surface area contributed by atoms with Gasteiger partial charge in [0.2, 0.25) is 0 Å². The summed E-state index contributed by atoms with van der Waals surface area (Å²) in [5.74, 6) is 0.276. The molecule has 0 aromatic heterocycles. The van der Waals surface area contributed by atoms with E-state index in [1.165, 1.54) is 11.1 Å². The lowest BCUT2D eigenvalue weighted by molar-refractivity contribution is -0.161. The third kappa shape index (κ3) is 3.31. The topological polar surface area (TPSA) is 59.1 Å². The Labute approximate surface area is 144 Å². The first-order chi connectivity index (χ1) is 11.1. The van der Waals surface area contributed by atoms with Crippen LogP contribution in [-0.2, 0) is 14.3 Å². The molecule has 0 aromatic rings. The average Bonchev–Trinajstić information content (AvgIpc) is 3.03. The number of hydrogen-bond acceptors (Lipinski definition) is 4. The van der Waals surface area contributed by atoms with Gasteiger partial charge in [-0.2, -0.15) is 0 Å². The summed E-state index contributed by atoms with van der Waals surface area (Å²) in [7, 11) is 0. The van der Waals surface area contributed by atoms with E-state index in [0.717, 1.165) is 12.8 Å². The number of hydrogen-bond donors (Lipinski definition) is 1. The quantitative estimate of drug-likeness (QED) is 0.453. The molecular formula is C20H30O4. The maximum Gasteiger partial charge on any atom is 0.331 e. The molecule has 24 heavy (non-hydrogen) atoms. The van der Waals surface area contributed by atoms with Crippen LogP contribution in [0.25, 0.3) is 0 Å². The Kier molecular flexibility index (Phi) is 4.42. The number of aliphatic hydroxyl groups excluding tert-OH is 1. The van der Waals surface area contributed by atoms with E-state index in [2.05, 4.69) is 27.7 Å². The summed E-state index contributed by atoms with van der Waals surface area (Å²) in [6.07, 6.45) is 6.32. The third-order valence-electron chi connectivity index (χ3n) is 5.97. The molecule has 1 aliphatic carbocycles. The monoisotopic (exact) mass is 334 g/mol. The molecule has 0 aromatic carbocycles. The Balaban J connectivity index is 1.96. The highest BCUT2D eigenvalue weighted by Crippen LogP contribution is 2.50. The molecule has 2 aliphatic heterocycles. The van der Waals surface area contributed by atoms with E-state index >= 15 is 0 Å². The van der Waals surface area contributed by atoms with Crippen LogP contribution < -0.4 is 0 Å². The van der Waals surface area contributed by atoms with Crippen LogP contribution in [0.4, 0.5) is 0 Å². The molecule has 4 heteroatoms. The zero-order chi connectivity index (χ0) is 17.7. The van der Waals surface area contributed by atoms with Gasteiger partial charge >= 0.3 is 5.97 Å². The van der Waals surface area contributed by atoms with Gasteiger partial charge in [-0.3, -0.25) is 0 Å². The molecule has 1 fully saturated rings. The number of fused-ring (bicyclic) bond motifs is 2. The molecule has 2 heterocycles. The Morgan fingerprint density at radius 3 is 2.62 bits per heavy atom. The van der Waals surface area contributed by atoms with Gasteiger partial charge in [-0.05, 0) is 39.5 Å². The standard InChI is InChI=1S/C20H30O4/c1-12(2)15-9-18(22)24-19(4)11-17-20(5,23-17)10-14(21)8-13(3)6-7-16(15)19/h8-9,12,14,16-17,21H,6-7,10-11H2,1-5H3/t14-,16-,17-,19+,20-/m0/s1. The van der Waals surface area contributed by atoms with Crippen molar-refractivity contribution in [3.8, 4) is 0 Å². The summed E-state index contributed by atoms with van der Waals surface area (Å²) in [6.45, 7) is 10.4. The van der Waals surface area contributed by atoms with Crippen LogP contribution in [0.2, 0.25) is 0 Å². The number of epoxide rings is 1. The van der Waals surface area contributed by atoms with E-state index in [4.69, 9.17) is 9.47 Å². The summed E-state index contributed by atoms with van der Waals surface area (Å²) in [6, 6.07) is 0. The summed E-state index contributed by atoms with van der Waals surface area (Å²) in [5.41, 5.74) is 1.51. The zero-order valence-corrected chi connectivity index (χ0v) is 15.5. The fourth-order valence-electron chi connectivity index (χ4n) is 4.50. The Hall–Kier alpha value is -1.13. The van der Waals surface area contributed by atoms with Gasteiger partial charge in [0.25, 0.3) is 0 Å². The van der Waals surface area contributed by atoms with Crippen LogP contribution in [0.5, 0.6) is 0 Å². The number of rotatable bonds is 1. The van der Waals surface area contributed by atoms with E-state index in [1.54, 1.807) is 6.08 Å². The van der Waals surface area contributed by atoms with Crippen molar-refractivity contribution in [1.29, 1.82) is 0 Å². The van der Waals surface area contributed by atoms with Crippen molar-refractivity contribution in [1.82, 2.24) is 0 Å². The van der Waals surface area contributed by atoms with Gasteiger partial charge in [0.15, 0.2) is 0 Å². The van der Waals surface area contributed by atoms with Crippen molar-refractivity contribution in [3.05, 3.63) is 23.3 Å². The number of carbonyl (C=O) groups is 1. The maximum absolute atomic E-state index is 12.2. The maximum atomic E-state index is 12.2. The minimum atomic E-state index is -0.538. The second-order valence-corrected chi connectivity index (χ2v) is 8.53. The lowest BCUT2D eigenvalue weighted by atomic mass is 9.71. The van der Waals surface area contributed by atoms with Crippen molar-refractivity contribution in [2.75, 3.05) is 0 Å². The highest BCUT2D eigenvalue weighted by atomic mass is 16.6. The molecular weight excluding hydrogens is 304 g/mol. The SMILES string of the molecule is CC1=C[C@H](O)C[C@]2(C)O[C@H]2C[C@@]2(C)OC(=O)C=C(C(C)C)[C@@H]2CC1. The van der Waals surface area contributed by atoms with E-state index in [0.29, 0.717) is 18.8 Å². The minimum absolute atomic E-state index is 0.0331. The smallest absolute Gasteiger partial charge is 0.331 e. The molecule has 1 N–H and O–H groups in total. The zero-order valence-electron chi connectivity index (χ0n) is 15.5. The Morgan fingerprint density at radius 1 is 1.25 bits per heavy atom. The van der Waals surface area contributed by atoms with E-state index in [1.807, 2.05) is 13.0 Å². The normalized spacial score (nSPS) is 43.0. The Morgan fingerprint density at radius 2 is 1.96 bits per heavy atom. The highest BCUT2D eigenvalue weighted by molar-refractivity contribution is 5.84. The summed E-state index contributed by atoms with van der Waals surface area (Å²) in [5, 5.41) is 10.3. The van der Waals surface area contributed by atoms with Gasteiger partial charge in [-0.1, -0.05) is 31.1 Å². The van der Waals surface area contributed by atoms with Gasteiger partial charge in [0.1, 0.15) is 5.60 Å². The van der Waals surface area contributed by atoms with E-state index < -0.39 is 11.7 Å². The summed E-state index contributed by atoms with van der Waals surface area (Å²) in [4.78, 5) is 12.2. The third-order valence-corrected chi connectivity index (χ3v) is 5.97. The van der Waals surface area contributed by atoms with Crippen LogP contribution in [0.15, 0.2) is 23.3 Å². The van der Waals surface area contributed by atoms with Crippen molar-refractivity contribution in [2.24, 2.45) is 11.8 Å². The van der Waals surface area contributed by atoms with Gasteiger partial charge in [-0.25, -0.2) is 4.79 Å². The molecule has 0 spiro atoms. The van der Waals surface area contributed by atoms with Crippen LogP contribution in [0, 0.1) is 11.8 Å². The van der Waals surface area contributed by atoms with E-state index in [9.17, 15) is 9.90 Å². The molecule has 134 valence electrons. The van der Waals surface area contributed by atoms with Crippen molar-refractivity contribution in [3.63, 3.8) is 0 Å². The minimum Gasteiger partial charge on any atom is -0.455 e. The molecule has 3 aliphatic rings. The average molecular weight is 334 g/mol. The largest absolute Gasteiger partial charge is 0.455 e. The first-order valence-electron chi connectivity index (χ1n) is 9.10. The predicted molar refractivity (Wildman–Crippen MR) is 92.4 cm³/mol. The lowest BCUT2D eigenvalue weighted by Crippen LogP contribution is -2.46. The van der Waals surface area contributed by atoms with Crippen LogP contribution in [0.1, 0.15) is 60.3 Å². The molecule has 0 radical (unpaired) electrons. The van der Waals surface area contributed by atoms with Crippen LogP contribution in [-0.4, -0.2) is 34.5 Å². The molecule has 0 bridgehead atoms. The molecule has 0 unspecified atom stereocenters. The number of carbonyl (C=O) groups excluding carboxylic acids is 1. The number of aliphatic hydroxyl groups is 1. The second kappa shape index (κ2) is 5.99. The molecule has 5 atom stereocenters. The van der Waals surface area contributed by atoms with Crippen LogP contribution >= 0.6 is 0 Å². The fraction of sp³-hybridized carbons (Fsp3) is 0.750. The Bertz CT molecular complexity index is 590. The second-order valence-electron chi connectivity index (χ2n) is 8.53. The lowest BCUT2D eigenvalue weighted by Gasteiger charge is -2.42. The highest BCUT2D eigenvalue weighted by Gasteiger charge is 2.58. The van der Waals surface area contributed by atoms with Gasteiger partial charge in [0.05, 0.1) is 17.8 Å². The number of esters is 1. The van der Waals surface area contributed by atoms with Crippen molar-refractivity contribution in [2.45, 2.75) is 83.7 Å². The molecule has 4 nitrogen and oxygen atoms in total. The van der Waals surface area contributed by atoms with Crippen LogP contribution in [0.3, 0.4) is 0 Å². The summed E-state index contributed by atoms with van der Waals surface area (Å²) >= 11 is 0. The number of allylic oxidation sites excluding steroid dienone is 1. The molecule has 1 saturated heterocycles. The fourth-order valence-corrected chi connectivity index (χ4v) is 4.50.